The number of fused-ring (bicyclic) bond motifs is 1. The van der Waals surface area contributed by atoms with Crippen LogP contribution in [-0.2, 0) is 23.0 Å². The lowest BCUT2D eigenvalue weighted by Crippen LogP contribution is -2.21. The summed E-state index contributed by atoms with van der Waals surface area (Å²) >= 11 is 0. The van der Waals surface area contributed by atoms with E-state index in [1.807, 2.05) is 12.1 Å². The van der Waals surface area contributed by atoms with Crippen LogP contribution in [0.5, 0.6) is 0 Å². The average Bonchev–Trinajstić information content (AvgIpc) is 2.65. The Morgan fingerprint density at radius 2 is 2.26 bits per heavy atom. The van der Waals surface area contributed by atoms with Crippen molar-refractivity contribution in [2.24, 2.45) is 7.05 Å². The number of likely N-dealkylation sites (N-methyl/N-ethyl adjacent to an activating group) is 1. The van der Waals surface area contributed by atoms with Gasteiger partial charge in [-0.05, 0) is 24.7 Å². The summed E-state index contributed by atoms with van der Waals surface area (Å²) < 4.78 is 11.6. The van der Waals surface area contributed by atoms with Crippen LogP contribution in [0.25, 0.3) is 11.1 Å². The van der Waals surface area contributed by atoms with E-state index in [1.165, 1.54) is 4.57 Å². The van der Waals surface area contributed by atoms with Gasteiger partial charge in [-0.15, -0.1) is 0 Å². The molecular weight excluding hydrogens is 248 g/mol. The molecule has 0 fully saturated rings. The fraction of sp³-hybridized carbons (Fsp3) is 0.385. The Hall–Kier alpha value is -2.08. The number of rotatable bonds is 5. The number of nitrogens with one attached hydrogen (secondary N) is 1. The maximum Gasteiger partial charge on any atom is 0.419 e. The zero-order chi connectivity index (χ0) is 13.8. The Labute approximate surface area is 110 Å². The van der Waals surface area contributed by atoms with Crippen molar-refractivity contribution in [2.75, 3.05) is 20.2 Å². The molecule has 1 N–H and O–H groups in total. The van der Waals surface area contributed by atoms with E-state index < -0.39 is 0 Å². The second-order valence-corrected chi connectivity index (χ2v) is 4.23. The molecule has 19 heavy (non-hydrogen) atoms. The molecule has 0 aliphatic carbocycles. The van der Waals surface area contributed by atoms with Gasteiger partial charge in [0, 0.05) is 13.5 Å². The molecule has 0 aliphatic heterocycles. The summed E-state index contributed by atoms with van der Waals surface area (Å²) in [5, 5.41) is 2.72. The number of hydrogen-bond acceptors (Lipinski definition) is 5. The maximum atomic E-state index is 11.3. The Bertz CT molecular complexity index is 642. The largest absolute Gasteiger partial charge is 0.464 e. The van der Waals surface area contributed by atoms with E-state index >= 15 is 0 Å². The topological polar surface area (TPSA) is 73.5 Å². The second-order valence-electron chi connectivity index (χ2n) is 4.23. The van der Waals surface area contributed by atoms with E-state index in [-0.39, 0.29) is 18.3 Å². The van der Waals surface area contributed by atoms with Crippen LogP contribution >= 0.6 is 0 Å². The van der Waals surface area contributed by atoms with Gasteiger partial charge in [0.25, 0.3) is 0 Å². The number of carbonyl (C=O) groups excluding carboxylic acids is 1. The van der Waals surface area contributed by atoms with Gasteiger partial charge in [-0.2, -0.15) is 0 Å². The molecule has 0 unspecified atom stereocenters. The number of benzene rings is 1. The minimum Gasteiger partial charge on any atom is -0.464 e. The highest BCUT2D eigenvalue weighted by molar-refractivity contribution is 5.73. The number of hydrogen-bond donors (Lipinski definition) is 1. The van der Waals surface area contributed by atoms with E-state index in [4.69, 9.17) is 9.15 Å². The monoisotopic (exact) mass is 264 g/mol. The molecule has 2 rings (SSSR count). The van der Waals surface area contributed by atoms with E-state index in [2.05, 4.69) is 5.32 Å². The first-order valence-corrected chi connectivity index (χ1v) is 6.00. The number of aromatic nitrogens is 1. The van der Waals surface area contributed by atoms with Crippen molar-refractivity contribution >= 4 is 17.1 Å². The quantitative estimate of drug-likeness (QED) is 0.793. The molecule has 1 aromatic heterocycles. The number of esters is 1. The molecule has 0 atom stereocenters. The van der Waals surface area contributed by atoms with Gasteiger partial charge in [0.05, 0.1) is 18.7 Å². The summed E-state index contributed by atoms with van der Waals surface area (Å²) in [6, 6.07) is 5.51. The summed E-state index contributed by atoms with van der Waals surface area (Å²) in [7, 11) is 3.35. The number of carbonyl (C=O) groups is 1. The van der Waals surface area contributed by atoms with Crippen LogP contribution in [0.3, 0.4) is 0 Å². The number of oxazole rings is 1. The molecule has 0 bridgehead atoms. The summed E-state index contributed by atoms with van der Waals surface area (Å²) in [5.74, 6) is -0.664. The highest BCUT2D eigenvalue weighted by Gasteiger charge is 2.07. The second kappa shape index (κ2) is 5.71. The first-order valence-electron chi connectivity index (χ1n) is 6.00. The van der Waals surface area contributed by atoms with Gasteiger partial charge in [0.15, 0.2) is 5.58 Å². The van der Waals surface area contributed by atoms with Crippen LogP contribution in [-0.4, -0.2) is 30.7 Å². The predicted octanol–water partition coefficient (Wildman–Crippen LogP) is 0.437. The Kier molecular flexibility index (Phi) is 4.01. The van der Waals surface area contributed by atoms with Gasteiger partial charge < -0.3 is 14.5 Å². The molecule has 0 spiro atoms. The molecule has 1 aromatic carbocycles. The van der Waals surface area contributed by atoms with Gasteiger partial charge in [-0.3, -0.25) is 9.36 Å². The third-order valence-electron chi connectivity index (χ3n) is 2.83. The van der Waals surface area contributed by atoms with Gasteiger partial charge >= 0.3 is 11.7 Å². The summed E-state index contributed by atoms with van der Waals surface area (Å²) in [6.07, 6.45) is 0.587. The van der Waals surface area contributed by atoms with E-state index in [1.54, 1.807) is 20.2 Å². The Morgan fingerprint density at radius 3 is 3.00 bits per heavy atom. The molecule has 2 aromatic rings. The first-order chi connectivity index (χ1) is 9.11. The lowest BCUT2D eigenvalue weighted by molar-refractivity contribution is -0.142. The van der Waals surface area contributed by atoms with Crippen molar-refractivity contribution in [3.63, 3.8) is 0 Å². The molecule has 0 aliphatic rings. The van der Waals surface area contributed by atoms with Crippen molar-refractivity contribution < 1.29 is 13.9 Å². The van der Waals surface area contributed by atoms with Crippen molar-refractivity contribution in [2.45, 2.75) is 6.42 Å². The lowest BCUT2D eigenvalue weighted by atomic mass is 10.1. The van der Waals surface area contributed by atoms with E-state index in [0.717, 1.165) is 11.1 Å². The van der Waals surface area contributed by atoms with Crippen LogP contribution in [0.1, 0.15) is 5.56 Å². The third-order valence-corrected chi connectivity index (χ3v) is 2.83. The molecular formula is C13H16N2O4. The summed E-state index contributed by atoms with van der Waals surface area (Å²) in [5.41, 5.74) is 2.26. The Morgan fingerprint density at radius 1 is 1.47 bits per heavy atom. The fourth-order valence-corrected chi connectivity index (χ4v) is 1.81. The molecule has 102 valence electrons. The Balaban J connectivity index is 2.02. The van der Waals surface area contributed by atoms with E-state index in [0.29, 0.717) is 18.6 Å². The highest BCUT2D eigenvalue weighted by atomic mass is 16.5. The minimum absolute atomic E-state index is 0.201. The molecule has 6 nitrogen and oxygen atoms in total. The zero-order valence-corrected chi connectivity index (χ0v) is 10.9. The molecule has 0 saturated heterocycles. The normalized spacial score (nSPS) is 10.8. The molecule has 1 heterocycles. The highest BCUT2D eigenvalue weighted by Crippen LogP contribution is 2.14. The fourth-order valence-electron chi connectivity index (χ4n) is 1.81. The van der Waals surface area contributed by atoms with Gasteiger partial charge in [0.2, 0.25) is 0 Å². The summed E-state index contributed by atoms with van der Waals surface area (Å²) in [6.45, 7) is 0.510. The zero-order valence-electron chi connectivity index (χ0n) is 10.9. The van der Waals surface area contributed by atoms with Crippen LogP contribution in [0.15, 0.2) is 27.4 Å². The maximum absolute atomic E-state index is 11.3. The van der Waals surface area contributed by atoms with Crippen LogP contribution < -0.4 is 11.1 Å². The van der Waals surface area contributed by atoms with E-state index in [9.17, 15) is 9.59 Å². The molecule has 0 saturated carbocycles. The van der Waals surface area contributed by atoms with Crippen LogP contribution in [0, 0.1) is 0 Å². The van der Waals surface area contributed by atoms with Crippen LogP contribution in [0.2, 0.25) is 0 Å². The summed E-state index contributed by atoms with van der Waals surface area (Å²) in [4.78, 5) is 22.5. The minimum atomic E-state index is -0.382. The van der Waals surface area contributed by atoms with Crippen molar-refractivity contribution in [3.05, 3.63) is 34.3 Å². The van der Waals surface area contributed by atoms with Crippen molar-refractivity contribution in [1.29, 1.82) is 0 Å². The first kappa shape index (κ1) is 13.4. The number of ether oxygens (including phenoxy) is 1. The average molecular weight is 264 g/mol. The third kappa shape index (κ3) is 3.03. The van der Waals surface area contributed by atoms with Crippen LogP contribution in [0.4, 0.5) is 0 Å². The SMILES string of the molecule is CNCC(=O)OCCc1ccc2c(c1)oc(=O)n2C. The van der Waals surface area contributed by atoms with Gasteiger partial charge in [0.1, 0.15) is 0 Å². The molecule has 6 heteroatoms. The standard InChI is InChI=1S/C13H16N2O4/c1-14-8-12(16)18-6-5-9-3-4-10-11(7-9)19-13(17)15(10)2/h3-4,7,14H,5-6,8H2,1-2H3. The van der Waals surface area contributed by atoms with Gasteiger partial charge in [-0.1, -0.05) is 6.07 Å². The number of nitrogens with zero attached hydrogens (tertiary/aromatic N) is 1. The van der Waals surface area contributed by atoms with Crippen molar-refractivity contribution in [1.82, 2.24) is 9.88 Å². The lowest BCUT2D eigenvalue weighted by Gasteiger charge is -2.04. The molecule has 0 radical (unpaired) electrons. The smallest absolute Gasteiger partial charge is 0.419 e. The molecule has 0 amide bonds. The predicted molar refractivity (Wildman–Crippen MR) is 70.0 cm³/mol. The van der Waals surface area contributed by atoms with Crippen molar-refractivity contribution in [3.8, 4) is 0 Å². The van der Waals surface area contributed by atoms with Gasteiger partial charge in [-0.25, -0.2) is 4.79 Å². The number of aryl methyl sites for hydroxylation is 1.